The Morgan fingerprint density at radius 3 is 1.78 bits per heavy atom. The first-order valence-corrected chi connectivity index (χ1v) is 21.1. The van der Waals surface area contributed by atoms with E-state index >= 15 is 0 Å². The van der Waals surface area contributed by atoms with Crippen molar-refractivity contribution in [1.82, 2.24) is 44.9 Å². The molecule has 3 aromatic heterocycles. The van der Waals surface area contributed by atoms with Gasteiger partial charge in [-0.15, -0.1) is 0 Å². The summed E-state index contributed by atoms with van der Waals surface area (Å²) in [5.74, 6) is 0.978. The molecule has 3 aliphatic rings. The fourth-order valence-corrected chi connectivity index (χ4v) is 9.43. The van der Waals surface area contributed by atoms with E-state index in [1.54, 1.807) is 0 Å². The van der Waals surface area contributed by atoms with Crippen molar-refractivity contribution in [3.63, 3.8) is 0 Å². The molecule has 15 heteroatoms. The predicted octanol–water partition coefficient (Wildman–Crippen LogP) is 7.10. The first kappa shape index (κ1) is 40.7. The Morgan fingerprint density at radius 2 is 1.28 bits per heavy atom. The Hall–Kier alpha value is -6.12. The van der Waals surface area contributed by atoms with Gasteiger partial charge in [0.1, 0.15) is 23.7 Å². The van der Waals surface area contributed by atoms with Crippen LogP contribution >= 0.6 is 0 Å². The number of carbonyl (C=O) groups excluding carboxylic acids is 4. The van der Waals surface area contributed by atoms with Gasteiger partial charge in [0.2, 0.25) is 11.8 Å². The molecule has 4 N–H and O–H groups in total. The number of nitrogens with zero attached hydrogens (tertiary/aromatic N) is 5. The number of aromatic amines is 2. The second kappa shape index (κ2) is 16.5. The number of H-pyrrole nitrogens is 2. The summed E-state index contributed by atoms with van der Waals surface area (Å²) in [7, 11) is 2.59. The van der Waals surface area contributed by atoms with Crippen molar-refractivity contribution in [1.29, 1.82) is 0 Å². The van der Waals surface area contributed by atoms with Gasteiger partial charge in [0, 0.05) is 48.1 Å². The standard InChI is InChI=1S/C45H55N9O6/c1-8-52-34-16-14-27(33-23-47-41(49-33)36-12-10-18-54(36)43(56)38(25(4)5)51-45(58)60-7)20-30(34)31-21-28-19-26(13-15-29(28)39(31)52)32-22-46-40(48-32)35-11-9-17-53(35)42(55)37(24(2)3)50-44(57)59-6/h13-16,19-20,22-25,35-38H,8-12,17-18,21H2,1-7H3,(H,46,48)(H,47,49)(H,50,57)(H,51,58)/t35-,36-,37?,38-/m0/s1. The molecule has 15 nitrogen and oxygen atoms in total. The lowest BCUT2D eigenvalue weighted by Gasteiger charge is -2.30. The van der Waals surface area contributed by atoms with Gasteiger partial charge in [-0.1, -0.05) is 45.9 Å². The molecule has 5 heterocycles. The van der Waals surface area contributed by atoms with Crippen LogP contribution in [0.15, 0.2) is 48.8 Å². The number of carbonyl (C=O) groups is 4. The molecule has 2 aliphatic heterocycles. The van der Waals surface area contributed by atoms with E-state index in [1.807, 2.05) is 49.9 Å². The molecule has 0 radical (unpaired) electrons. The second-order valence-electron chi connectivity index (χ2n) is 16.8. The molecular formula is C45H55N9O6. The molecule has 60 heavy (non-hydrogen) atoms. The van der Waals surface area contributed by atoms with E-state index in [1.165, 1.54) is 47.5 Å². The average Bonchev–Trinajstić information content (AvgIpc) is 4.10. The summed E-state index contributed by atoms with van der Waals surface area (Å²) >= 11 is 0. The number of ether oxygens (including phenoxy) is 2. The van der Waals surface area contributed by atoms with Crippen molar-refractivity contribution in [3.05, 3.63) is 71.6 Å². The van der Waals surface area contributed by atoms with Crippen molar-refractivity contribution in [2.45, 2.75) is 97.4 Å². The van der Waals surface area contributed by atoms with Gasteiger partial charge in [0.15, 0.2) is 0 Å². The zero-order chi connectivity index (χ0) is 42.4. The minimum atomic E-state index is -0.696. The second-order valence-corrected chi connectivity index (χ2v) is 16.8. The van der Waals surface area contributed by atoms with Gasteiger partial charge in [-0.3, -0.25) is 9.59 Å². The third-order valence-electron chi connectivity index (χ3n) is 12.5. The number of benzene rings is 2. The smallest absolute Gasteiger partial charge is 0.407 e. The van der Waals surface area contributed by atoms with Crippen molar-refractivity contribution in [2.24, 2.45) is 11.8 Å². The Balaban J connectivity index is 1.02. The SMILES string of the molecule is CCn1c2c(c3cc(-c4cnc([C@@H]5CCCN5C(=O)[C@@H](NC(=O)OC)C(C)C)[nH]4)ccc31)Cc1cc(-c3cnc([C@@H]4CCCN4C(=O)C(NC(=O)OC)C(C)C)[nH]3)ccc1-2. The Labute approximate surface area is 349 Å². The van der Waals surface area contributed by atoms with Crippen LogP contribution in [0.5, 0.6) is 0 Å². The van der Waals surface area contributed by atoms with Gasteiger partial charge >= 0.3 is 12.2 Å². The zero-order valence-electron chi connectivity index (χ0n) is 35.4. The normalized spacial score (nSPS) is 18.2. The monoisotopic (exact) mass is 817 g/mol. The summed E-state index contributed by atoms with van der Waals surface area (Å²) < 4.78 is 12.0. The van der Waals surface area contributed by atoms with Gasteiger partial charge in [-0.05, 0) is 79.3 Å². The van der Waals surface area contributed by atoms with Gasteiger partial charge in [0.25, 0.3) is 0 Å². The number of aromatic nitrogens is 5. The molecule has 5 aromatic rings. The maximum Gasteiger partial charge on any atom is 0.407 e. The highest BCUT2D eigenvalue weighted by molar-refractivity contribution is 5.98. The maximum atomic E-state index is 13.7. The third kappa shape index (κ3) is 7.27. The van der Waals surface area contributed by atoms with E-state index in [4.69, 9.17) is 19.4 Å². The molecule has 2 saturated heterocycles. The Bertz CT molecular complexity index is 2450. The average molecular weight is 818 g/mol. The van der Waals surface area contributed by atoms with Crippen LogP contribution < -0.4 is 10.6 Å². The van der Waals surface area contributed by atoms with Crippen LogP contribution in [-0.4, -0.2) is 97.7 Å². The molecule has 316 valence electrons. The molecule has 0 spiro atoms. The molecule has 0 saturated carbocycles. The first-order valence-electron chi connectivity index (χ1n) is 21.1. The fraction of sp³-hybridized carbons (Fsp3) is 0.467. The van der Waals surface area contributed by atoms with Crippen molar-refractivity contribution in [2.75, 3.05) is 27.3 Å². The highest BCUT2D eigenvalue weighted by Crippen LogP contribution is 2.45. The van der Waals surface area contributed by atoms with Gasteiger partial charge in [-0.25, -0.2) is 19.6 Å². The molecule has 2 aromatic carbocycles. The van der Waals surface area contributed by atoms with Crippen molar-refractivity contribution in [3.8, 4) is 33.8 Å². The largest absolute Gasteiger partial charge is 0.453 e. The van der Waals surface area contributed by atoms with Crippen molar-refractivity contribution < 1.29 is 28.7 Å². The topological polar surface area (TPSA) is 180 Å². The minimum absolute atomic E-state index is 0.110. The number of hydrogen-bond acceptors (Lipinski definition) is 8. The number of methoxy groups -OCH3 is 2. The third-order valence-corrected chi connectivity index (χ3v) is 12.5. The molecule has 2 fully saturated rings. The maximum absolute atomic E-state index is 13.7. The number of hydrogen-bond donors (Lipinski definition) is 4. The summed E-state index contributed by atoms with van der Waals surface area (Å²) in [6.45, 7) is 11.8. The summed E-state index contributed by atoms with van der Waals surface area (Å²) in [4.78, 5) is 71.8. The van der Waals surface area contributed by atoms with Crippen LogP contribution in [0.2, 0.25) is 0 Å². The van der Waals surface area contributed by atoms with Gasteiger partial charge < -0.3 is 44.4 Å². The van der Waals surface area contributed by atoms with Gasteiger partial charge in [-0.2, -0.15) is 0 Å². The molecule has 0 bridgehead atoms. The van der Waals surface area contributed by atoms with Crippen LogP contribution in [0.3, 0.4) is 0 Å². The van der Waals surface area contributed by atoms with Crippen LogP contribution in [-0.2, 0) is 32.0 Å². The van der Waals surface area contributed by atoms with E-state index < -0.39 is 24.3 Å². The number of fused-ring (bicyclic) bond motifs is 5. The minimum Gasteiger partial charge on any atom is -0.453 e. The van der Waals surface area contributed by atoms with E-state index in [-0.39, 0.29) is 35.7 Å². The molecule has 8 rings (SSSR count). The molecule has 1 aliphatic carbocycles. The van der Waals surface area contributed by atoms with Crippen LogP contribution in [0.4, 0.5) is 9.59 Å². The summed E-state index contributed by atoms with van der Waals surface area (Å²) in [6.07, 6.45) is 6.49. The number of alkyl carbamates (subject to hydrolysis) is 2. The van der Waals surface area contributed by atoms with E-state index in [2.05, 4.69) is 68.5 Å². The molecular weight excluding hydrogens is 763 g/mol. The zero-order valence-corrected chi connectivity index (χ0v) is 35.4. The summed E-state index contributed by atoms with van der Waals surface area (Å²) in [5.41, 5.74) is 9.98. The predicted molar refractivity (Wildman–Crippen MR) is 227 cm³/mol. The number of rotatable bonds is 11. The van der Waals surface area contributed by atoms with Crippen LogP contribution in [0.1, 0.15) is 95.2 Å². The lowest BCUT2D eigenvalue weighted by atomic mass is 10.0. The molecule has 4 atom stereocenters. The Kier molecular flexibility index (Phi) is 11.2. The lowest BCUT2D eigenvalue weighted by molar-refractivity contribution is -0.136. The number of nitrogens with one attached hydrogen (secondary N) is 4. The number of amides is 4. The van der Waals surface area contributed by atoms with Gasteiger partial charge in [0.05, 0.1) is 55.8 Å². The molecule has 1 unspecified atom stereocenters. The summed E-state index contributed by atoms with van der Waals surface area (Å²) in [5, 5.41) is 6.64. The first-order chi connectivity index (χ1) is 28.9. The number of imidazole rings is 2. The van der Waals surface area contributed by atoms with Crippen LogP contribution in [0.25, 0.3) is 44.7 Å². The van der Waals surface area contributed by atoms with E-state index in [9.17, 15) is 19.2 Å². The van der Waals surface area contributed by atoms with E-state index in [0.29, 0.717) is 13.1 Å². The number of aryl methyl sites for hydroxylation is 1. The quantitative estimate of drug-likeness (QED) is 0.107. The lowest BCUT2D eigenvalue weighted by Crippen LogP contribution is -2.51. The van der Waals surface area contributed by atoms with Crippen LogP contribution in [0, 0.1) is 11.8 Å². The van der Waals surface area contributed by atoms with Crippen molar-refractivity contribution >= 4 is 34.9 Å². The Morgan fingerprint density at radius 1 is 0.767 bits per heavy atom. The summed E-state index contributed by atoms with van der Waals surface area (Å²) in [6, 6.07) is 11.3. The fourth-order valence-electron chi connectivity index (χ4n) is 9.43. The highest BCUT2D eigenvalue weighted by Gasteiger charge is 2.39. The molecule has 4 amide bonds. The highest BCUT2D eigenvalue weighted by atomic mass is 16.5. The van der Waals surface area contributed by atoms with E-state index in [0.717, 1.165) is 72.8 Å². The number of likely N-dealkylation sites (tertiary alicyclic amines) is 2.